The number of carbonyl (C=O) groups excluding carboxylic acids is 1. The van der Waals surface area contributed by atoms with E-state index in [-0.39, 0.29) is 11.9 Å². The van der Waals surface area contributed by atoms with Crippen molar-refractivity contribution >= 4 is 14.2 Å². The molecule has 12 heavy (non-hydrogen) atoms. The molecule has 0 rings (SSSR count). The third-order valence-corrected chi connectivity index (χ3v) is 0.616. The molecule has 0 saturated carbocycles. The minimum atomic E-state index is -2.87. The van der Waals surface area contributed by atoms with Gasteiger partial charge in [-0.05, 0) is 19.9 Å². The van der Waals surface area contributed by atoms with E-state index in [4.69, 9.17) is 14.4 Å². The molecule has 0 fully saturated rings. The Balaban J connectivity index is 0. The lowest BCUT2D eigenvalue weighted by Gasteiger charge is -2.02. The maximum atomic E-state index is 10.4. The van der Waals surface area contributed by atoms with Crippen molar-refractivity contribution in [1.29, 1.82) is 0 Å². The summed E-state index contributed by atoms with van der Waals surface area (Å²) in [6, 6.07) is 0.209. The van der Waals surface area contributed by atoms with E-state index in [1.807, 2.05) is 13.8 Å². The van der Waals surface area contributed by atoms with Crippen LogP contribution in [0.1, 0.15) is 13.8 Å². The molecule has 0 aromatic rings. The van der Waals surface area contributed by atoms with Gasteiger partial charge in [-0.25, -0.2) is 0 Å². The van der Waals surface area contributed by atoms with Crippen molar-refractivity contribution in [3.63, 3.8) is 0 Å². The highest BCUT2D eigenvalue weighted by atomic mass is 31.1. The molecule has 0 heterocycles. The summed E-state index contributed by atoms with van der Waals surface area (Å²) in [6.07, 6.45) is 1.26. The SMILES string of the molecule is C=CC(=O)NC(C)C.O=[P+](O)O. The van der Waals surface area contributed by atoms with Gasteiger partial charge in [0, 0.05) is 10.6 Å². The van der Waals surface area contributed by atoms with Crippen LogP contribution in [0.4, 0.5) is 0 Å². The van der Waals surface area contributed by atoms with Crippen molar-refractivity contribution < 1.29 is 19.1 Å². The van der Waals surface area contributed by atoms with Crippen LogP contribution in [0, 0.1) is 0 Å². The third kappa shape index (κ3) is 22.9. The van der Waals surface area contributed by atoms with Crippen LogP contribution in [0.3, 0.4) is 0 Å². The van der Waals surface area contributed by atoms with Gasteiger partial charge in [-0.15, -0.1) is 9.79 Å². The highest BCUT2D eigenvalue weighted by Gasteiger charge is 1.93. The Kier molecular flexibility index (Phi) is 9.57. The number of nitrogens with one attached hydrogen (secondary N) is 1. The first-order chi connectivity index (χ1) is 5.40. The van der Waals surface area contributed by atoms with Crippen LogP contribution < -0.4 is 5.32 Å². The number of amides is 1. The van der Waals surface area contributed by atoms with E-state index >= 15 is 0 Å². The summed E-state index contributed by atoms with van der Waals surface area (Å²) < 4.78 is 8.70. The van der Waals surface area contributed by atoms with Crippen LogP contribution >= 0.6 is 8.25 Å². The Morgan fingerprint density at radius 3 is 2.00 bits per heavy atom. The van der Waals surface area contributed by atoms with Gasteiger partial charge in [-0.1, -0.05) is 6.58 Å². The van der Waals surface area contributed by atoms with Gasteiger partial charge in [0.15, 0.2) is 0 Å². The Labute approximate surface area is 72.1 Å². The van der Waals surface area contributed by atoms with E-state index in [1.165, 1.54) is 6.08 Å². The molecule has 5 nitrogen and oxygen atoms in total. The first-order valence-corrected chi connectivity index (χ1v) is 4.34. The molecule has 0 aromatic heterocycles. The van der Waals surface area contributed by atoms with Crippen molar-refractivity contribution in [2.24, 2.45) is 0 Å². The van der Waals surface area contributed by atoms with Gasteiger partial charge < -0.3 is 5.32 Å². The normalized spacial score (nSPS) is 8.08. The van der Waals surface area contributed by atoms with Gasteiger partial charge in [0.25, 0.3) is 0 Å². The number of hydrogen-bond donors (Lipinski definition) is 3. The third-order valence-electron chi connectivity index (χ3n) is 0.616. The van der Waals surface area contributed by atoms with Crippen LogP contribution in [0.15, 0.2) is 12.7 Å². The van der Waals surface area contributed by atoms with Gasteiger partial charge in [0.2, 0.25) is 5.91 Å². The number of carbonyl (C=O) groups is 1. The second-order valence-corrected chi connectivity index (χ2v) is 2.63. The van der Waals surface area contributed by atoms with E-state index in [9.17, 15) is 4.79 Å². The lowest BCUT2D eigenvalue weighted by Crippen LogP contribution is -2.27. The summed E-state index contributed by atoms with van der Waals surface area (Å²) in [5.41, 5.74) is 0. The average Bonchev–Trinajstić information content (AvgIpc) is 1.84. The van der Waals surface area contributed by atoms with Crippen molar-refractivity contribution in [3.8, 4) is 0 Å². The predicted octanol–water partition coefficient (Wildman–Crippen LogP) is 0.325. The summed E-state index contributed by atoms with van der Waals surface area (Å²) in [5, 5.41) is 2.64. The largest absolute Gasteiger partial charge is 0.692 e. The van der Waals surface area contributed by atoms with E-state index < -0.39 is 8.25 Å². The molecule has 0 aliphatic heterocycles. The van der Waals surface area contributed by atoms with Crippen molar-refractivity contribution in [2.75, 3.05) is 0 Å². The van der Waals surface area contributed by atoms with Gasteiger partial charge in [0.05, 0.1) is 0 Å². The van der Waals surface area contributed by atoms with Gasteiger partial charge in [-0.3, -0.25) is 4.79 Å². The number of rotatable bonds is 2. The molecule has 70 valence electrons. The van der Waals surface area contributed by atoms with Gasteiger partial charge >= 0.3 is 8.25 Å². The summed E-state index contributed by atoms with van der Waals surface area (Å²) in [7, 11) is -2.87. The van der Waals surface area contributed by atoms with Crippen LogP contribution in [0.5, 0.6) is 0 Å². The maximum absolute atomic E-state index is 10.4. The molecule has 6 heteroatoms. The number of hydrogen-bond acceptors (Lipinski definition) is 2. The lowest BCUT2D eigenvalue weighted by molar-refractivity contribution is -0.116. The molecule has 0 unspecified atom stereocenters. The van der Waals surface area contributed by atoms with Crippen molar-refractivity contribution in [3.05, 3.63) is 12.7 Å². The fourth-order valence-corrected chi connectivity index (χ4v) is 0.343. The van der Waals surface area contributed by atoms with Crippen molar-refractivity contribution in [2.45, 2.75) is 19.9 Å². The smallest absolute Gasteiger partial charge is 0.350 e. The van der Waals surface area contributed by atoms with E-state index in [0.29, 0.717) is 0 Å². The average molecular weight is 194 g/mol. The quantitative estimate of drug-likeness (QED) is 0.436. The Hall–Kier alpha value is -0.770. The molecule has 0 radical (unpaired) electrons. The Morgan fingerprint density at radius 1 is 1.58 bits per heavy atom. The van der Waals surface area contributed by atoms with Crippen LogP contribution in [-0.4, -0.2) is 21.7 Å². The van der Waals surface area contributed by atoms with Crippen LogP contribution in [-0.2, 0) is 9.36 Å². The molecule has 0 spiro atoms. The molecule has 0 aliphatic carbocycles. The fourth-order valence-electron chi connectivity index (χ4n) is 0.343. The molecule has 0 aliphatic rings. The van der Waals surface area contributed by atoms with Gasteiger partial charge in [-0.2, -0.15) is 0 Å². The second kappa shape index (κ2) is 8.33. The summed E-state index contributed by atoms with van der Waals surface area (Å²) >= 11 is 0. The molecular formula is C6H13NO4P+. The van der Waals surface area contributed by atoms with E-state index in [0.717, 1.165) is 0 Å². The zero-order valence-corrected chi connectivity index (χ0v) is 7.91. The Morgan fingerprint density at radius 2 is 1.92 bits per heavy atom. The Bertz CT molecular complexity index is 165. The molecule has 0 atom stereocenters. The topological polar surface area (TPSA) is 86.6 Å². The first-order valence-electron chi connectivity index (χ1n) is 3.18. The minimum absolute atomic E-state index is 0.111. The highest BCUT2D eigenvalue weighted by molar-refractivity contribution is 7.30. The maximum Gasteiger partial charge on any atom is 0.692 e. The van der Waals surface area contributed by atoms with E-state index in [1.54, 1.807) is 0 Å². The molecular weight excluding hydrogens is 181 g/mol. The van der Waals surface area contributed by atoms with E-state index in [2.05, 4.69) is 11.9 Å². The molecule has 0 saturated heterocycles. The predicted molar refractivity (Wildman–Crippen MR) is 45.5 cm³/mol. The molecule has 3 N–H and O–H groups in total. The summed E-state index contributed by atoms with van der Waals surface area (Å²) in [6.45, 7) is 7.11. The molecule has 1 amide bonds. The minimum Gasteiger partial charge on any atom is -0.350 e. The van der Waals surface area contributed by atoms with Crippen LogP contribution in [0.2, 0.25) is 0 Å². The fraction of sp³-hybridized carbons (Fsp3) is 0.500. The summed E-state index contributed by atoms with van der Waals surface area (Å²) in [5.74, 6) is -0.111. The first kappa shape index (κ1) is 13.8. The molecule has 0 aromatic carbocycles. The second-order valence-electron chi connectivity index (χ2n) is 2.12. The van der Waals surface area contributed by atoms with Crippen molar-refractivity contribution in [1.82, 2.24) is 5.32 Å². The monoisotopic (exact) mass is 194 g/mol. The zero-order valence-electron chi connectivity index (χ0n) is 7.02. The van der Waals surface area contributed by atoms with Crippen LogP contribution in [0.25, 0.3) is 0 Å². The zero-order chi connectivity index (χ0) is 10.1. The standard InChI is InChI=1S/C6H11NO.HO3P/c1-4-6(8)7-5(2)3;1-4(2)3/h4-5H,1H2,2-3H3,(H,7,8);(H-,1,2,3)/p+1. The molecule has 0 bridgehead atoms. The lowest BCUT2D eigenvalue weighted by atomic mass is 10.4. The van der Waals surface area contributed by atoms with Gasteiger partial charge in [0.1, 0.15) is 0 Å². The summed E-state index contributed by atoms with van der Waals surface area (Å²) in [4.78, 5) is 24.6. The highest BCUT2D eigenvalue weighted by Crippen LogP contribution is 1.98.